The van der Waals surface area contributed by atoms with Crippen LogP contribution < -0.4 is 5.32 Å². The second kappa shape index (κ2) is 11.8. The Labute approximate surface area is 223 Å². The van der Waals surface area contributed by atoms with E-state index >= 15 is 0 Å². The van der Waals surface area contributed by atoms with Crippen LogP contribution in [-0.4, -0.2) is 20.7 Å². The molecule has 1 aliphatic carbocycles. The molecular weight excluding hydrogens is 476 g/mol. The van der Waals surface area contributed by atoms with Crippen molar-refractivity contribution in [1.82, 2.24) is 20.1 Å². The van der Waals surface area contributed by atoms with Gasteiger partial charge in [-0.25, -0.2) is 0 Å². The zero-order valence-electron chi connectivity index (χ0n) is 21.6. The molecule has 1 fully saturated rings. The second-order valence-electron chi connectivity index (χ2n) is 10.0. The highest BCUT2D eigenvalue weighted by Crippen LogP contribution is 2.31. The Balaban J connectivity index is 1.51. The Kier molecular flexibility index (Phi) is 8.05. The molecular formula is C31H34N4OS. The van der Waals surface area contributed by atoms with E-state index in [1.807, 2.05) is 18.2 Å². The van der Waals surface area contributed by atoms with Gasteiger partial charge in [-0.15, -0.1) is 10.2 Å². The topological polar surface area (TPSA) is 59.8 Å². The summed E-state index contributed by atoms with van der Waals surface area (Å²) in [6, 6.07) is 27.0. The lowest BCUT2D eigenvalue weighted by Crippen LogP contribution is -2.35. The quantitative estimate of drug-likeness (QED) is 0.253. The first kappa shape index (κ1) is 25.3. The number of benzene rings is 3. The largest absolute Gasteiger partial charge is 0.345 e. The number of thioether (sulfide) groups is 1. The van der Waals surface area contributed by atoms with Crippen LogP contribution in [0.3, 0.4) is 0 Å². The first-order valence-corrected chi connectivity index (χ1v) is 14.1. The molecule has 37 heavy (non-hydrogen) atoms. The minimum absolute atomic E-state index is 0.0872. The van der Waals surface area contributed by atoms with E-state index in [4.69, 9.17) is 5.10 Å². The van der Waals surface area contributed by atoms with Gasteiger partial charge in [-0.05, 0) is 56.4 Å². The van der Waals surface area contributed by atoms with Crippen molar-refractivity contribution in [3.05, 3.63) is 107 Å². The Morgan fingerprint density at radius 1 is 0.919 bits per heavy atom. The number of aromatic nitrogens is 3. The highest BCUT2D eigenvalue weighted by Gasteiger charge is 2.29. The summed E-state index contributed by atoms with van der Waals surface area (Å²) in [5, 5.41) is 13.5. The number of hydrogen-bond acceptors (Lipinski definition) is 4. The zero-order chi connectivity index (χ0) is 25.6. The number of rotatable bonds is 9. The van der Waals surface area contributed by atoms with Gasteiger partial charge in [0, 0.05) is 17.4 Å². The molecule has 0 radical (unpaired) electrons. The van der Waals surface area contributed by atoms with Crippen molar-refractivity contribution in [2.75, 3.05) is 0 Å². The van der Waals surface area contributed by atoms with Crippen LogP contribution in [0, 0.1) is 19.8 Å². The Morgan fingerprint density at radius 3 is 2.38 bits per heavy atom. The van der Waals surface area contributed by atoms with Crippen molar-refractivity contribution in [2.24, 2.45) is 5.92 Å². The molecule has 1 unspecified atom stereocenters. The summed E-state index contributed by atoms with van der Waals surface area (Å²) < 4.78 is 2.13. The van der Waals surface area contributed by atoms with E-state index in [1.165, 1.54) is 16.7 Å². The van der Waals surface area contributed by atoms with Crippen LogP contribution in [-0.2, 0) is 17.0 Å². The maximum absolute atomic E-state index is 13.3. The number of nitrogens with one attached hydrogen (secondary N) is 1. The number of hydrogen-bond donors (Lipinski definition) is 1. The molecule has 1 aliphatic rings. The standard InChI is InChI=1S/C31H34N4OS/c1-22-15-17-27(18-16-22)35-29(33-34-31(35)37-21-25-12-8-9-23(2)19-25)28(20-24-10-4-3-5-11-24)32-30(36)26-13-6-7-14-26/h3-5,8-12,15-19,26,28H,6-7,13-14,20-21H2,1-2H3,(H,32,36). The summed E-state index contributed by atoms with van der Waals surface area (Å²) >= 11 is 1.67. The molecule has 0 saturated heterocycles. The number of carbonyl (C=O) groups excluding carboxylic acids is 1. The SMILES string of the molecule is Cc1ccc(-n2c(SCc3cccc(C)c3)nnc2C(Cc2ccccc2)NC(=O)C2CCCC2)cc1. The summed E-state index contributed by atoms with van der Waals surface area (Å²) in [6.07, 6.45) is 4.84. The molecule has 0 aliphatic heterocycles. The van der Waals surface area contributed by atoms with Crippen LogP contribution in [0.5, 0.6) is 0 Å². The molecule has 3 aromatic carbocycles. The van der Waals surface area contributed by atoms with Crippen LogP contribution >= 0.6 is 11.8 Å². The third-order valence-corrected chi connectivity index (χ3v) is 8.04. The fraction of sp³-hybridized carbons (Fsp3) is 0.323. The predicted octanol–water partition coefficient (Wildman–Crippen LogP) is 6.77. The van der Waals surface area contributed by atoms with E-state index in [0.29, 0.717) is 6.42 Å². The van der Waals surface area contributed by atoms with Gasteiger partial charge in [0.05, 0.1) is 6.04 Å². The second-order valence-corrected chi connectivity index (χ2v) is 11.0. The predicted molar refractivity (Wildman–Crippen MR) is 150 cm³/mol. The molecule has 1 saturated carbocycles. The summed E-state index contributed by atoms with van der Waals surface area (Å²) in [4.78, 5) is 13.3. The first-order chi connectivity index (χ1) is 18.1. The molecule has 5 nitrogen and oxygen atoms in total. The average Bonchev–Trinajstić information content (AvgIpc) is 3.59. The third-order valence-electron chi connectivity index (χ3n) is 7.04. The van der Waals surface area contributed by atoms with Crippen LogP contribution in [0.1, 0.15) is 59.8 Å². The fourth-order valence-electron chi connectivity index (χ4n) is 5.02. The van der Waals surface area contributed by atoms with E-state index in [2.05, 4.69) is 89.5 Å². The molecule has 5 rings (SSSR count). The Bertz CT molecular complexity index is 1330. The van der Waals surface area contributed by atoms with Gasteiger partial charge in [-0.2, -0.15) is 0 Å². The van der Waals surface area contributed by atoms with E-state index in [0.717, 1.165) is 53.7 Å². The van der Waals surface area contributed by atoms with E-state index in [9.17, 15) is 4.79 Å². The minimum Gasteiger partial charge on any atom is -0.345 e. The molecule has 1 aromatic heterocycles. The molecule has 1 N–H and O–H groups in total. The van der Waals surface area contributed by atoms with Crippen LogP contribution in [0.15, 0.2) is 84.0 Å². The summed E-state index contributed by atoms with van der Waals surface area (Å²) in [5.41, 5.74) is 5.86. The van der Waals surface area contributed by atoms with Crippen molar-refractivity contribution in [2.45, 2.75) is 62.9 Å². The van der Waals surface area contributed by atoms with Crippen LogP contribution in [0.25, 0.3) is 5.69 Å². The third kappa shape index (κ3) is 6.31. The number of carbonyl (C=O) groups is 1. The van der Waals surface area contributed by atoms with Gasteiger partial charge in [0.1, 0.15) is 0 Å². The van der Waals surface area contributed by atoms with Gasteiger partial charge in [0.2, 0.25) is 5.91 Å². The molecule has 1 atom stereocenters. The summed E-state index contributed by atoms with van der Waals surface area (Å²) in [7, 11) is 0. The smallest absolute Gasteiger partial charge is 0.223 e. The van der Waals surface area contributed by atoms with E-state index < -0.39 is 0 Å². The lowest BCUT2D eigenvalue weighted by atomic mass is 10.0. The van der Waals surface area contributed by atoms with Gasteiger partial charge in [-0.1, -0.05) is 102 Å². The molecule has 190 valence electrons. The van der Waals surface area contributed by atoms with Crippen molar-refractivity contribution >= 4 is 17.7 Å². The molecule has 1 heterocycles. The van der Waals surface area contributed by atoms with Crippen molar-refractivity contribution in [3.63, 3.8) is 0 Å². The molecule has 1 amide bonds. The van der Waals surface area contributed by atoms with Gasteiger partial charge < -0.3 is 5.32 Å². The zero-order valence-corrected chi connectivity index (χ0v) is 22.4. The maximum Gasteiger partial charge on any atom is 0.223 e. The Hall–Kier alpha value is -3.38. The van der Waals surface area contributed by atoms with Gasteiger partial charge in [0.25, 0.3) is 0 Å². The van der Waals surface area contributed by atoms with Gasteiger partial charge >= 0.3 is 0 Å². The molecule has 4 aromatic rings. The number of amides is 1. The van der Waals surface area contributed by atoms with Crippen LogP contribution in [0.2, 0.25) is 0 Å². The van der Waals surface area contributed by atoms with Gasteiger partial charge in [0.15, 0.2) is 11.0 Å². The minimum atomic E-state index is -0.280. The van der Waals surface area contributed by atoms with Gasteiger partial charge in [-0.3, -0.25) is 9.36 Å². The number of aryl methyl sites for hydroxylation is 2. The van der Waals surface area contributed by atoms with Crippen LogP contribution in [0.4, 0.5) is 0 Å². The molecule has 6 heteroatoms. The van der Waals surface area contributed by atoms with E-state index in [-0.39, 0.29) is 17.9 Å². The van der Waals surface area contributed by atoms with Crippen molar-refractivity contribution in [3.8, 4) is 5.69 Å². The summed E-state index contributed by atoms with van der Waals surface area (Å²) in [6.45, 7) is 4.20. The van der Waals surface area contributed by atoms with Crippen molar-refractivity contribution < 1.29 is 4.79 Å². The van der Waals surface area contributed by atoms with E-state index in [1.54, 1.807) is 11.8 Å². The highest BCUT2D eigenvalue weighted by atomic mass is 32.2. The first-order valence-electron chi connectivity index (χ1n) is 13.1. The lowest BCUT2D eigenvalue weighted by Gasteiger charge is -2.22. The Morgan fingerprint density at radius 2 is 1.65 bits per heavy atom. The lowest BCUT2D eigenvalue weighted by molar-refractivity contribution is -0.125. The molecule has 0 bridgehead atoms. The fourth-order valence-corrected chi connectivity index (χ4v) is 5.92. The number of nitrogens with zero attached hydrogens (tertiary/aromatic N) is 3. The van der Waals surface area contributed by atoms with Crippen molar-refractivity contribution in [1.29, 1.82) is 0 Å². The maximum atomic E-state index is 13.3. The highest BCUT2D eigenvalue weighted by molar-refractivity contribution is 7.98. The molecule has 0 spiro atoms. The average molecular weight is 511 g/mol. The monoisotopic (exact) mass is 510 g/mol. The summed E-state index contributed by atoms with van der Waals surface area (Å²) in [5.74, 6) is 1.78. The normalized spacial score (nSPS) is 14.5.